The quantitative estimate of drug-likeness (QED) is 0.548. The van der Waals surface area contributed by atoms with Crippen molar-refractivity contribution in [2.75, 3.05) is 10.6 Å². The molecule has 7 heteroatoms. The molecule has 2 amide bonds. The molecule has 4 rings (SSSR count). The van der Waals surface area contributed by atoms with Crippen molar-refractivity contribution < 1.29 is 9.59 Å². The van der Waals surface area contributed by atoms with Crippen LogP contribution in [-0.2, 0) is 11.3 Å². The molecule has 0 fully saturated rings. The zero-order valence-electron chi connectivity index (χ0n) is 15.8. The van der Waals surface area contributed by atoms with Crippen LogP contribution in [0.5, 0.6) is 0 Å². The molecule has 0 radical (unpaired) electrons. The molecule has 2 N–H and O–H groups in total. The summed E-state index contributed by atoms with van der Waals surface area (Å²) in [5.41, 5.74) is 3.60. The minimum atomic E-state index is -0.262. The number of carbonyl (C=O) groups excluding carboxylic acids is 2. The molecule has 0 saturated carbocycles. The summed E-state index contributed by atoms with van der Waals surface area (Å²) in [6.45, 7) is 2.06. The lowest BCUT2D eigenvalue weighted by Gasteiger charge is -2.07. The Balaban J connectivity index is 1.49. The summed E-state index contributed by atoms with van der Waals surface area (Å²) in [6, 6.07) is 18.7. The van der Waals surface area contributed by atoms with Crippen LogP contribution in [0.3, 0.4) is 0 Å². The molecule has 0 spiro atoms. The highest BCUT2D eigenvalue weighted by Crippen LogP contribution is 2.17. The highest BCUT2D eigenvalue weighted by molar-refractivity contribution is 6.05. The second-order valence-corrected chi connectivity index (χ2v) is 6.64. The fourth-order valence-corrected chi connectivity index (χ4v) is 3.01. The van der Waals surface area contributed by atoms with Gasteiger partial charge in [-0.3, -0.25) is 9.59 Å². The molecule has 2 aromatic carbocycles. The third kappa shape index (κ3) is 4.30. The number of benzene rings is 2. The molecule has 0 aliphatic carbocycles. The van der Waals surface area contributed by atoms with E-state index in [2.05, 4.69) is 20.7 Å². The molecule has 0 unspecified atom stereocenters. The summed E-state index contributed by atoms with van der Waals surface area (Å²) in [7, 11) is 0. The summed E-state index contributed by atoms with van der Waals surface area (Å²) < 4.78 is 1.81. The van der Waals surface area contributed by atoms with Crippen LogP contribution in [0.15, 0.2) is 73.1 Å². The zero-order chi connectivity index (χ0) is 20.2. The topological polar surface area (TPSA) is 88.9 Å². The smallest absolute Gasteiger partial charge is 0.257 e. The molecule has 2 heterocycles. The van der Waals surface area contributed by atoms with Crippen LogP contribution in [0, 0.1) is 0 Å². The normalized spacial score (nSPS) is 10.7. The lowest BCUT2D eigenvalue weighted by atomic mass is 10.2. The Kier molecular flexibility index (Phi) is 5.03. The number of rotatable bonds is 5. The number of anilines is 2. The average Bonchev–Trinajstić information content (AvgIpc) is 3.12. The second kappa shape index (κ2) is 7.93. The van der Waals surface area contributed by atoms with E-state index >= 15 is 0 Å². The van der Waals surface area contributed by atoms with Crippen molar-refractivity contribution >= 4 is 34.2 Å². The van der Waals surface area contributed by atoms with Crippen LogP contribution in [0.1, 0.15) is 22.8 Å². The van der Waals surface area contributed by atoms with Crippen molar-refractivity contribution in [3.8, 4) is 0 Å². The van der Waals surface area contributed by atoms with Crippen molar-refractivity contribution in [2.45, 2.75) is 13.5 Å². The van der Waals surface area contributed by atoms with Gasteiger partial charge in [-0.1, -0.05) is 30.3 Å². The number of carbonyl (C=O) groups is 2. The van der Waals surface area contributed by atoms with Crippen LogP contribution in [0.4, 0.5) is 11.4 Å². The number of aromatic nitrogens is 3. The lowest BCUT2D eigenvalue weighted by molar-refractivity contribution is -0.114. The second-order valence-electron chi connectivity index (χ2n) is 6.64. The van der Waals surface area contributed by atoms with Crippen molar-refractivity contribution in [2.24, 2.45) is 0 Å². The Bertz CT molecular complexity index is 1170. The number of amides is 2. The number of pyridine rings is 1. The van der Waals surface area contributed by atoms with Crippen molar-refractivity contribution in [3.63, 3.8) is 0 Å². The standard InChI is InChI=1S/C22H19N5O2/c1-15(28)25-19-7-9-20(10-8-19)26-22(29)18-11-17-13-24-27(21(17)23-12-18)14-16-5-3-2-4-6-16/h2-13H,14H2,1H3,(H,25,28)(H,26,29). The monoisotopic (exact) mass is 385 g/mol. The maximum Gasteiger partial charge on any atom is 0.257 e. The Morgan fingerprint density at radius 3 is 2.31 bits per heavy atom. The number of hydrogen-bond acceptors (Lipinski definition) is 4. The maximum atomic E-state index is 12.6. The maximum absolute atomic E-state index is 12.6. The number of hydrogen-bond donors (Lipinski definition) is 2. The minimum absolute atomic E-state index is 0.144. The van der Waals surface area contributed by atoms with E-state index in [9.17, 15) is 9.59 Å². The molecular weight excluding hydrogens is 366 g/mol. The summed E-state index contributed by atoms with van der Waals surface area (Å²) in [5.74, 6) is -0.406. The van der Waals surface area contributed by atoms with Gasteiger partial charge in [0.05, 0.1) is 18.3 Å². The summed E-state index contributed by atoms with van der Waals surface area (Å²) in [5, 5.41) is 10.7. The van der Waals surface area contributed by atoms with Gasteiger partial charge in [-0.25, -0.2) is 9.67 Å². The highest BCUT2D eigenvalue weighted by atomic mass is 16.2. The molecule has 0 saturated heterocycles. The molecule has 0 atom stereocenters. The lowest BCUT2D eigenvalue weighted by Crippen LogP contribution is -2.12. The van der Waals surface area contributed by atoms with Crippen LogP contribution >= 0.6 is 0 Å². The van der Waals surface area contributed by atoms with Gasteiger partial charge < -0.3 is 10.6 Å². The van der Waals surface area contributed by atoms with Gasteiger partial charge in [0.25, 0.3) is 5.91 Å². The molecule has 7 nitrogen and oxygen atoms in total. The first-order chi connectivity index (χ1) is 14.1. The Labute approximate surface area is 167 Å². The third-order valence-corrected chi connectivity index (χ3v) is 4.38. The largest absolute Gasteiger partial charge is 0.326 e. The van der Waals surface area contributed by atoms with Gasteiger partial charge in [-0.05, 0) is 35.9 Å². The van der Waals surface area contributed by atoms with E-state index in [1.807, 2.05) is 35.0 Å². The van der Waals surface area contributed by atoms with E-state index in [4.69, 9.17) is 0 Å². The molecule has 29 heavy (non-hydrogen) atoms. The third-order valence-electron chi connectivity index (χ3n) is 4.38. The summed E-state index contributed by atoms with van der Waals surface area (Å²) >= 11 is 0. The minimum Gasteiger partial charge on any atom is -0.326 e. The molecule has 4 aromatic rings. The fraction of sp³-hybridized carbons (Fsp3) is 0.0909. The predicted molar refractivity (Wildman–Crippen MR) is 112 cm³/mol. The number of nitrogens with one attached hydrogen (secondary N) is 2. The van der Waals surface area contributed by atoms with Crippen LogP contribution in [0.25, 0.3) is 11.0 Å². The van der Waals surface area contributed by atoms with E-state index in [1.165, 1.54) is 6.92 Å². The van der Waals surface area contributed by atoms with Gasteiger partial charge >= 0.3 is 0 Å². The van der Waals surface area contributed by atoms with E-state index in [-0.39, 0.29) is 11.8 Å². The van der Waals surface area contributed by atoms with Gasteiger partial charge in [0.2, 0.25) is 5.91 Å². The van der Waals surface area contributed by atoms with Crippen molar-refractivity contribution in [1.29, 1.82) is 0 Å². The fourth-order valence-electron chi connectivity index (χ4n) is 3.01. The summed E-state index contributed by atoms with van der Waals surface area (Å²) in [4.78, 5) is 28.1. The Morgan fingerprint density at radius 1 is 0.931 bits per heavy atom. The predicted octanol–water partition coefficient (Wildman–Crippen LogP) is 3.69. The average molecular weight is 385 g/mol. The molecule has 2 aromatic heterocycles. The molecule has 0 aliphatic heterocycles. The van der Waals surface area contributed by atoms with Gasteiger partial charge in [0.15, 0.2) is 5.65 Å². The number of nitrogens with zero attached hydrogens (tertiary/aromatic N) is 3. The molecular formula is C22H19N5O2. The van der Waals surface area contributed by atoms with Gasteiger partial charge in [-0.15, -0.1) is 0 Å². The first-order valence-electron chi connectivity index (χ1n) is 9.13. The van der Waals surface area contributed by atoms with Crippen molar-refractivity contribution in [1.82, 2.24) is 14.8 Å². The van der Waals surface area contributed by atoms with E-state index < -0.39 is 0 Å². The molecule has 144 valence electrons. The Hall–Kier alpha value is -4.00. The zero-order valence-corrected chi connectivity index (χ0v) is 15.8. The molecule has 0 bridgehead atoms. The van der Waals surface area contributed by atoms with Crippen LogP contribution in [-0.4, -0.2) is 26.6 Å². The van der Waals surface area contributed by atoms with Gasteiger partial charge in [0, 0.05) is 29.9 Å². The van der Waals surface area contributed by atoms with Crippen molar-refractivity contribution in [3.05, 3.63) is 84.2 Å². The van der Waals surface area contributed by atoms with Crippen LogP contribution in [0.2, 0.25) is 0 Å². The highest BCUT2D eigenvalue weighted by Gasteiger charge is 2.11. The number of fused-ring (bicyclic) bond motifs is 1. The first-order valence-corrected chi connectivity index (χ1v) is 9.13. The van der Waals surface area contributed by atoms with E-state index in [1.54, 1.807) is 42.7 Å². The van der Waals surface area contributed by atoms with Crippen LogP contribution < -0.4 is 10.6 Å². The first kappa shape index (κ1) is 18.4. The van der Waals surface area contributed by atoms with E-state index in [0.717, 1.165) is 16.6 Å². The van der Waals surface area contributed by atoms with Gasteiger partial charge in [0.1, 0.15) is 0 Å². The Morgan fingerprint density at radius 2 is 1.62 bits per heavy atom. The van der Waals surface area contributed by atoms with E-state index in [0.29, 0.717) is 23.5 Å². The SMILES string of the molecule is CC(=O)Nc1ccc(NC(=O)c2cnc3c(cnn3Cc3ccccc3)c2)cc1. The summed E-state index contributed by atoms with van der Waals surface area (Å²) in [6.07, 6.45) is 3.26. The molecule has 0 aliphatic rings. The van der Waals surface area contributed by atoms with Gasteiger partial charge in [-0.2, -0.15) is 5.10 Å².